The molecule has 2 amide bonds. The Bertz CT molecular complexity index is 2290. The topological polar surface area (TPSA) is 183 Å². The molecule has 5 N–H and O–H groups in total. The normalized spacial score (nSPS) is 19.2. The molecule has 1 aliphatic carbocycles. The third kappa shape index (κ3) is 7.68. The Labute approximate surface area is 333 Å². The Morgan fingerprint density at radius 1 is 0.793 bits per heavy atom. The number of cyclic esters (lactones) is 1. The molecule has 5 aromatic carbocycles. The van der Waals surface area contributed by atoms with E-state index in [0.29, 0.717) is 28.4 Å². The molecule has 0 radical (unpaired) electrons. The van der Waals surface area contributed by atoms with Crippen LogP contribution in [-0.2, 0) is 32.1 Å². The molecule has 0 aromatic heterocycles. The van der Waals surface area contributed by atoms with Crippen LogP contribution in [0.2, 0.25) is 0 Å². The number of phenolic OH excluding ortho intramolecular Hbond substituents is 2. The maximum absolute atomic E-state index is 13.7. The molecular weight excluding hydrogens is 746 g/mol. The molecule has 14 nitrogen and oxygen atoms in total. The molecule has 8 rings (SSSR count). The molecule has 0 bridgehead atoms. The molecule has 0 spiro atoms. The van der Waals surface area contributed by atoms with Gasteiger partial charge in [-0.15, -0.1) is 0 Å². The number of benzene rings is 5. The first-order valence-electron chi connectivity index (χ1n) is 18.7. The maximum atomic E-state index is 13.7. The fourth-order valence-corrected chi connectivity index (χ4v) is 7.88. The summed E-state index contributed by atoms with van der Waals surface area (Å²) >= 11 is 0. The largest absolute Gasteiger partial charge is 0.508 e. The number of hydrogen-bond donors (Lipinski definition) is 5. The van der Waals surface area contributed by atoms with E-state index in [1.54, 1.807) is 36.4 Å². The Kier molecular flexibility index (Phi) is 10.5. The van der Waals surface area contributed by atoms with Gasteiger partial charge in [-0.1, -0.05) is 42.5 Å². The van der Waals surface area contributed by atoms with Crippen molar-refractivity contribution in [2.75, 3.05) is 38.3 Å². The number of ether oxygens (including phenoxy) is 6. The summed E-state index contributed by atoms with van der Waals surface area (Å²) in [6.45, 7) is 0.256. The summed E-state index contributed by atoms with van der Waals surface area (Å²) in [4.78, 5) is 40.1. The summed E-state index contributed by atoms with van der Waals surface area (Å²) < 4.78 is 33.7. The van der Waals surface area contributed by atoms with Gasteiger partial charge < -0.3 is 54.6 Å². The number of methoxy groups -OCH3 is 2. The van der Waals surface area contributed by atoms with Crippen molar-refractivity contribution < 1.29 is 53.0 Å². The number of amides is 2. The summed E-state index contributed by atoms with van der Waals surface area (Å²) in [5.41, 5.74) is 5.09. The fraction of sp³-hybridized carbons (Fsp3) is 0.250. The van der Waals surface area contributed by atoms with E-state index in [9.17, 15) is 24.6 Å². The highest BCUT2D eigenvalue weighted by Gasteiger charge is 2.52. The molecule has 5 aromatic rings. The van der Waals surface area contributed by atoms with E-state index in [-0.39, 0.29) is 61.3 Å². The molecule has 1 fully saturated rings. The van der Waals surface area contributed by atoms with Gasteiger partial charge >= 0.3 is 12.1 Å². The van der Waals surface area contributed by atoms with Crippen LogP contribution in [0.4, 0.5) is 16.2 Å². The summed E-state index contributed by atoms with van der Waals surface area (Å²) in [6, 6.07) is 28.5. The van der Waals surface area contributed by atoms with Gasteiger partial charge in [-0.05, 0) is 88.5 Å². The van der Waals surface area contributed by atoms with Gasteiger partial charge in [0.1, 0.15) is 18.4 Å². The van der Waals surface area contributed by atoms with E-state index >= 15 is 0 Å². The Morgan fingerprint density at radius 2 is 1.45 bits per heavy atom. The summed E-state index contributed by atoms with van der Waals surface area (Å²) in [5.74, 6) is -0.779. The predicted molar refractivity (Wildman–Crippen MR) is 210 cm³/mol. The van der Waals surface area contributed by atoms with Crippen molar-refractivity contribution >= 4 is 29.3 Å². The molecule has 2 heterocycles. The van der Waals surface area contributed by atoms with Gasteiger partial charge in [0.2, 0.25) is 18.4 Å². The number of phenols is 2. The van der Waals surface area contributed by atoms with Crippen LogP contribution < -0.4 is 34.9 Å². The average molecular weight is 788 g/mol. The van der Waals surface area contributed by atoms with Crippen LogP contribution in [0.3, 0.4) is 0 Å². The number of alkyl carbamates (subject to hydrolysis) is 1. The van der Waals surface area contributed by atoms with Crippen molar-refractivity contribution in [1.29, 1.82) is 0 Å². The summed E-state index contributed by atoms with van der Waals surface area (Å²) in [6.07, 6.45) is -0.615. The highest BCUT2D eigenvalue weighted by molar-refractivity contribution is 5.97. The zero-order valence-corrected chi connectivity index (χ0v) is 31.6. The Balaban J connectivity index is 1.04. The lowest BCUT2D eigenvalue weighted by molar-refractivity contribution is -0.141. The van der Waals surface area contributed by atoms with Gasteiger partial charge in [0.05, 0.1) is 32.8 Å². The van der Waals surface area contributed by atoms with Crippen LogP contribution in [0, 0.1) is 11.8 Å². The minimum atomic E-state index is -1.00. The molecule has 58 heavy (non-hydrogen) atoms. The number of esters is 1. The third-order valence-corrected chi connectivity index (χ3v) is 10.7. The quantitative estimate of drug-likeness (QED) is 0.0878. The van der Waals surface area contributed by atoms with E-state index in [2.05, 4.69) is 16.0 Å². The summed E-state index contributed by atoms with van der Waals surface area (Å²) in [7, 11) is 2.90. The molecular formula is C44H41N3O11. The van der Waals surface area contributed by atoms with Crippen molar-refractivity contribution in [3.8, 4) is 34.5 Å². The van der Waals surface area contributed by atoms with Gasteiger partial charge in [-0.25, -0.2) is 4.79 Å². The number of anilines is 2. The van der Waals surface area contributed by atoms with Crippen molar-refractivity contribution in [2.24, 2.45) is 11.8 Å². The molecule has 0 saturated carbocycles. The minimum Gasteiger partial charge on any atom is -0.508 e. The molecule has 5 atom stereocenters. The highest BCUT2D eigenvalue weighted by Crippen LogP contribution is 2.56. The van der Waals surface area contributed by atoms with Crippen LogP contribution in [0.1, 0.15) is 39.8 Å². The zero-order valence-electron chi connectivity index (χ0n) is 31.6. The number of carbonyl (C=O) groups is 3. The molecule has 1 saturated heterocycles. The Morgan fingerprint density at radius 3 is 2.12 bits per heavy atom. The standard InChI is InChI=1S/C44H41N3O11/c1-53-36-17-26(18-37(54-2)41(36)49)38-30-19-34-35(58-23-57-34)20-31(30)40(32-22-55-43(51)39(32)38)45-27-10-12-28(13-11-27)46-42(50)33(16-24-8-14-29(48)15-9-24)47-44(52)56-21-25-6-4-3-5-7-25/h3-15,17-20,32-33,38-40,45,48-49H,16,21-23H2,1-2H3,(H,46,50)(H,47,52)/t32-,33-,38+,39-,40+/m0/s1. The zero-order chi connectivity index (χ0) is 40.3. The Hall–Kier alpha value is -7.09. The third-order valence-electron chi connectivity index (χ3n) is 10.7. The number of rotatable bonds is 12. The SMILES string of the molecule is COc1cc([C@@H]2c3cc4c(cc3[C@@H](Nc3ccc(NC(=O)[C@H](Cc5ccc(O)cc5)NC(=O)OCc5ccccc5)cc3)[C@H]3COC(=O)[C@H]23)OCO4)cc(OC)c1O. The maximum Gasteiger partial charge on any atom is 0.408 e. The first-order chi connectivity index (χ1) is 28.2. The molecule has 14 heteroatoms. The van der Waals surface area contributed by atoms with Crippen LogP contribution in [0.15, 0.2) is 103 Å². The number of hydrogen-bond acceptors (Lipinski definition) is 12. The smallest absolute Gasteiger partial charge is 0.408 e. The second-order valence-corrected chi connectivity index (χ2v) is 14.2. The molecule has 298 valence electrons. The molecule has 0 unspecified atom stereocenters. The average Bonchev–Trinajstić information content (AvgIpc) is 3.87. The van der Waals surface area contributed by atoms with Crippen molar-refractivity contribution in [2.45, 2.75) is 31.0 Å². The van der Waals surface area contributed by atoms with Crippen LogP contribution >= 0.6 is 0 Å². The highest BCUT2D eigenvalue weighted by atomic mass is 16.7. The number of nitrogens with one attached hydrogen (secondary N) is 3. The monoisotopic (exact) mass is 787 g/mol. The molecule has 2 aliphatic heterocycles. The lowest BCUT2D eigenvalue weighted by atomic mass is 9.65. The number of carbonyl (C=O) groups excluding carboxylic acids is 3. The van der Waals surface area contributed by atoms with E-state index in [1.807, 2.05) is 54.6 Å². The van der Waals surface area contributed by atoms with Gasteiger partial charge in [-0.3, -0.25) is 9.59 Å². The first kappa shape index (κ1) is 37.8. The fourth-order valence-electron chi connectivity index (χ4n) is 7.88. The van der Waals surface area contributed by atoms with Gasteiger partial charge in [-0.2, -0.15) is 0 Å². The lowest BCUT2D eigenvalue weighted by Gasteiger charge is -2.40. The number of fused-ring (bicyclic) bond motifs is 3. The van der Waals surface area contributed by atoms with Crippen LogP contribution in [-0.4, -0.2) is 61.8 Å². The molecule has 3 aliphatic rings. The van der Waals surface area contributed by atoms with Crippen molar-refractivity contribution in [1.82, 2.24) is 5.32 Å². The minimum absolute atomic E-state index is 0.0340. The van der Waals surface area contributed by atoms with Gasteiger partial charge in [0, 0.05) is 29.6 Å². The van der Waals surface area contributed by atoms with Crippen molar-refractivity contribution in [3.05, 3.63) is 131 Å². The van der Waals surface area contributed by atoms with Crippen molar-refractivity contribution in [3.63, 3.8) is 0 Å². The van der Waals surface area contributed by atoms with E-state index in [4.69, 9.17) is 28.4 Å². The summed E-state index contributed by atoms with van der Waals surface area (Å²) in [5, 5.41) is 29.7. The predicted octanol–water partition coefficient (Wildman–Crippen LogP) is 6.41. The van der Waals surface area contributed by atoms with Crippen LogP contribution in [0.5, 0.6) is 34.5 Å². The van der Waals surface area contributed by atoms with E-state index < -0.39 is 35.9 Å². The van der Waals surface area contributed by atoms with E-state index in [0.717, 1.165) is 22.3 Å². The second-order valence-electron chi connectivity index (χ2n) is 14.2. The lowest BCUT2D eigenvalue weighted by Crippen LogP contribution is -2.45. The van der Waals surface area contributed by atoms with Gasteiger partial charge in [0.15, 0.2) is 23.0 Å². The van der Waals surface area contributed by atoms with Gasteiger partial charge in [0.25, 0.3) is 0 Å². The first-order valence-corrected chi connectivity index (χ1v) is 18.7. The van der Waals surface area contributed by atoms with E-state index in [1.165, 1.54) is 26.4 Å². The number of aromatic hydroxyl groups is 2. The van der Waals surface area contributed by atoms with Crippen LogP contribution in [0.25, 0.3) is 0 Å². The second kappa shape index (κ2) is 16.2.